The van der Waals surface area contributed by atoms with Gasteiger partial charge >= 0.3 is 6.18 Å². The summed E-state index contributed by atoms with van der Waals surface area (Å²) in [6.45, 7) is 1.94. The van der Waals surface area contributed by atoms with E-state index < -0.39 is 11.7 Å². The van der Waals surface area contributed by atoms with Crippen molar-refractivity contribution in [3.63, 3.8) is 0 Å². The number of aromatic nitrogens is 4. The van der Waals surface area contributed by atoms with Crippen molar-refractivity contribution in [3.05, 3.63) is 58.5 Å². The maximum atomic E-state index is 13.0. The minimum Gasteiger partial charge on any atom is -0.334 e. The van der Waals surface area contributed by atoms with Gasteiger partial charge in [-0.2, -0.15) is 13.2 Å². The van der Waals surface area contributed by atoms with Crippen molar-refractivity contribution in [3.8, 4) is 11.3 Å². The summed E-state index contributed by atoms with van der Waals surface area (Å²) < 4.78 is 45.2. The van der Waals surface area contributed by atoms with Crippen LogP contribution in [-0.4, -0.2) is 37.6 Å². The lowest BCUT2D eigenvalue weighted by Gasteiger charge is -2.14. The molecule has 0 aliphatic carbocycles. The number of amides is 1. The van der Waals surface area contributed by atoms with Crippen LogP contribution in [0.3, 0.4) is 0 Å². The highest BCUT2D eigenvalue weighted by atomic mass is 32.1. The Morgan fingerprint density at radius 2 is 2.10 bits per heavy atom. The summed E-state index contributed by atoms with van der Waals surface area (Å²) >= 11 is 1.23. The van der Waals surface area contributed by atoms with Crippen LogP contribution in [0.15, 0.2) is 40.5 Å². The van der Waals surface area contributed by atoms with Gasteiger partial charge in [0.1, 0.15) is 17.1 Å². The SMILES string of the molecule is Cc1nonc1CN(C)C(=O)c1csc2nc(-c3cccc(C(F)(F)F)c3)cn12. The summed E-state index contributed by atoms with van der Waals surface area (Å²) in [5, 5.41) is 9.11. The molecule has 0 saturated heterocycles. The minimum absolute atomic E-state index is 0.209. The fourth-order valence-corrected chi connectivity index (χ4v) is 3.66. The number of thiazole rings is 1. The lowest BCUT2D eigenvalue weighted by atomic mass is 10.1. The summed E-state index contributed by atoms with van der Waals surface area (Å²) in [5.74, 6) is -0.286. The van der Waals surface area contributed by atoms with Gasteiger partial charge in [0.25, 0.3) is 5.91 Å². The van der Waals surface area contributed by atoms with Crippen LogP contribution < -0.4 is 0 Å². The van der Waals surface area contributed by atoms with Crippen LogP contribution in [0.1, 0.15) is 27.4 Å². The zero-order valence-corrected chi connectivity index (χ0v) is 16.1. The smallest absolute Gasteiger partial charge is 0.334 e. The first kappa shape index (κ1) is 19.1. The van der Waals surface area contributed by atoms with Gasteiger partial charge in [0.05, 0.1) is 17.8 Å². The second kappa shape index (κ2) is 6.99. The van der Waals surface area contributed by atoms with E-state index in [1.165, 1.54) is 22.3 Å². The van der Waals surface area contributed by atoms with E-state index in [1.807, 2.05) is 0 Å². The number of carbonyl (C=O) groups is 1. The van der Waals surface area contributed by atoms with Gasteiger partial charge in [0, 0.05) is 24.2 Å². The molecule has 3 heterocycles. The molecule has 11 heteroatoms. The Bertz CT molecular complexity index is 1190. The zero-order chi connectivity index (χ0) is 20.8. The summed E-state index contributed by atoms with van der Waals surface area (Å²) in [6, 6.07) is 4.93. The van der Waals surface area contributed by atoms with E-state index in [0.717, 1.165) is 12.1 Å². The molecule has 0 aliphatic rings. The molecule has 1 amide bonds. The quantitative estimate of drug-likeness (QED) is 0.497. The highest BCUT2D eigenvalue weighted by Gasteiger charge is 2.30. The molecule has 0 aliphatic heterocycles. The summed E-state index contributed by atoms with van der Waals surface area (Å²) in [4.78, 5) is 19.2. The lowest BCUT2D eigenvalue weighted by molar-refractivity contribution is -0.137. The molecule has 7 nitrogen and oxygen atoms in total. The van der Waals surface area contributed by atoms with E-state index in [2.05, 4.69) is 19.9 Å². The number of carbonyl (C=O) groups excluding carboxylic acids is 1. The number of fused-ring (bicyclic) bond motifs is 1. The van der Waals surface area contributed by atoms with Crippen molar-refractivity contribution in [1.29, 1.82) is 0 Å². The van der Waals surface area contributed by atoms with E-state index in [4.69, 9.17) is 0 Å². The number of rotatable bonds is 4. The van der Waals surface area contributed by atoms with Crippen molar-refractivity contribution < 1.29 is 22.6 Å². The molecule has 0 fully saturated rings. The van der Waals surface area contributed by atoms with Crippen LogP contribution in [0.25, 0.3) is 16.2 Å². The zero-order valence-electron chi connectivity index (χ0n) is 15.3. The van der Waals surface area contributed by atoms with Crippen LogP contribution in [0.5, 0.6) is 0 Å². The maximum absolute atomic E-state index is 13.0. The standard InChI is InChI=1S/C18H14F3N5O2S/c1-10-13(24-28-23-10)7-25(2)16(27)15-9-29-17-22-14(8-26(15)17)11-4-3-5-12(6-11)18(19,20)21/h3-6,8-9H,7H2,1-2H3. The molecule has 0 unspecified atom stereocenters. The number of nitrogens with zero attached hydrogens (tertiary/aromatic N) is 5. The number of hydrogen-bond donors (Lipinski definition) is 0. The normalized spacial score (nSPS) is 11.9. The Balaban J connectivity index is 1.64. The predicted octanol–water partition coefficient (Wildman–Crippen LogP) is 4.05. The van der Waals surface area contributed by atoms with Gasteiger partial charge in [-0.15, -0.1) is 11.3 Å². The first-order valence-electron chi connectivity index (χ1n) is 8.42. The Morgan fingerprint density at radius 1 is 1.31 bits per heavy atom. The third-order valence-electron chi connectivity index (χ3n) is 4.39. The molecule has 1 aromatic carbocycles. The van der Waals surface area contributed by atoms with Crippen molar-refractivity contribution in [2.75, 3.05) is 7.05 Å². The van der Waals surface area contributed by atoms with Crippen LogP contribution >= 0.6 is 11.3 Å². The Labute approximate surface area is 166 Å². The molecule has 3 aromatic heterocycles. The van der Waals surface area contributed by atoms with Crippen molar-refractivity contribution in [2.45, 2.75) is 19.6 Å². The maximum Gasteiger partial charge on any atom is 0.416 e. The molecule has 0 N–H and O–H groups in total. The molecule has 0 radical (unpaired) electrons. The molecular formula is C18H14F3N5O2S. The highest BCUT2D eigenvalue weighted by Crippen LogP contribution is 2.32. The number of benzene rings is 1. The second-order valence-electron chi connectivity index (χ2n) is 6.44. The Morgan fingerprint density at radius 3 is 2.79 bits per heavy atom. The fraction of sp³-hybridized carbons (Fsp3) is 0.222. The number of alkyl halides is 3. The van der Waals surface area contributed by atoms with Gasteiger partial charge in [0.2, 0.25) is 0 Å². The van der Waals surface area contributed by atoms with Gasteiger partial charge in [-0.3, -0.25) is 9.20 Å². The first-order valence-corrected chi connectivity index (χ1v) is 9.29. The van der Waals surface area contributed by atoms with E-state index in [0.29, 0.717) is 33.3 Å². The molecule has 150 valence electrons. The molecular weight excluding hydrogens is 407 g/mol. The van der Waals surface area contributed by atoms with Crippen molar-refractivity contribution in [1.82, 2.24) is 24.6 Å². The van der Waals surface area contributed by atoms with Crippen LogP contribution in [-0.2, 0) is 12.7 Å². The Kier molecular flexibility index (Phi) is 4.61. The molecule has 0 bridgehead atoms. The average molecular weight is 421 g/mol. The van der Waals surface area contributed by atoms with Gasteiger partial charge in [-0.05, 0) is 19.1 Å². The van der Waals surface area contributed by atoms with E-state index in [9.17, 15) is 18.0 Å². The molecule has 29 heavy (non-hydrogen) atoms. The van der Waals surface area contributed by atoms with Gasteiger partial charge in [-0.25, -0.2) is 9.61 Å². The molecule has 4 aromatic rings. The second-order valence-corrected chi connectivity index (χ2v) is 7.27. The molecule has 0 saturated carbocycles. The van der Waals surface area contributed by atoms with Crippen LogP contribution in [0.4, 0.5) is 13.2 Å². The van der Waals surface area contributed by atoms with Crippen molar-refractivity contribution >= 4 is 22.2 Å². The topological polar surface area (TPSA) is 76.5 Å². The van der Waals surface area contributed by atoms with Gasteiger partial charge < -0.3 is 4.90 Å². The summed E-state index contributed by atoms with van der Waals surface area (Å²) in [7, 11) is 1.62. The third kappa shape index (κ3) is 3.60. The number of halogens is 3. The first-order chi connectivity index (χ1) is 13.7. The Hall–Kier alpha value is -3.21. The largest absolute Gasteiger partial charge is 0.416 e. The number of aryl methyl sites for hydroxylation is 1. The van der Waals surface area contributed by atoms with Crippen LogP contribution in [0.2, 0.25) is 0 Å². The summed E-state index contributed by atoms with van der Waals surface area (Å²) in [6.07, 6.45) is -2.88. The number of imidazole rings is 1. The van der Waals surface area contributed by atoms with Crippen LogP contribution in [0, 0.1) is 6.92 Å². The van der Waals surface area contributed by atoms with E-state index in [-0.39, 0.29) is 12.5 Å². The predicted molar refractivity (Wildman–Crippen MR) is 98.3 cm³/mol. The highest BCUT2D eigenvalue weighted by molar-refractivity contribution is 7.15. The van der Waals surface area contributed by atoms with Crippen molar-refractivity contribution in [2.24, 2.45) is 0 Å². The molecule has 0 atom stereocenters. The summed E-state index contributed by atoms with van der Waals surface area (Å²) in [5.41, 5.74) is 1.42. The van der Waals surface area contributed by atoms with E-state index >= 15 is 0 Å². The average Bonchev–Trinajstić information content (AvgIpc) is 3.37. The number of hydrogen-bond acceptors (Lipinski definition) is 6. The van der Waals surface area contributed by atoms with E-state index in [1.54, 1.807) is 36.0 Å². The molecule has 0 spiro atoms. The monoisotopic (exact) mass is 421 g/mol. The lowest BCUT2D eigenvalue weighted by Crippen LogP contribution is -2.27. The fourth-order valence-electron chi connectivity index (χ4n) is 2.82. The van der Waals surface area contributed by atoms with Gasteiger partial charge in [0.15, 0.2) is 4.96 Å². The van der Waals surface area contributed by atoms with Gasteiger partial charge in [-0.1, -0.05) is 22.4 Å². The molecule has 4 rings (SSSR count). The third-order valence-corrected chi connectivity index (χ3v) is 5.23. The minimum atomic E-state index is -4.44.